The first-order valence-corrected chi connectivity index (χ1v) is 7.41. The lowest BCUT2D eigenvalue weighted by atomic mass is 10.0. The Labute approximate surface area is 124 Å². The Bertz CT molecular complexity index is 664. The van der Waals surface area contributed by atoms with Crippen LogP contribution in [0.4, 0.5) is 0 Å². The van der Waals surface area contributed by atoms with Crippen molar-refractivity contribution in [2.75, 3.05) is 13.1 Å². The van der Waals surface area contributed by atoms with Crippen molar-refractivity contribution in [3.05, 3.63) is 41.1 Å². The average Bonchev–Trinajstić information content (AvgIpc) is 3.09. The van der Waals surface area contributed by atoms with Gasteiger partial charge in [0, 0.05) is 19.0 Å². The fraction of sp³-hybridized carbons (Fsp3) is 0.500. The van der Waals surface area contributed by atoms with Gasteiger partial charge in [0.05, 0.1) is 12.2 Å². The van der Waals surface area contributed by atoms with Crippen LogP contribution < -0.4 is 0 Å². The van der Waals surface area contributed by atoms with Crippen molar-refractivity contribution >= 4 is 0 Å². The van der Waals surface area contributed by atoms with Crippen molar-refractivity contribution < 1.29 is 4.42 Å². The molecule has 3 heterocycles. The normalized spacial score (nSPS) is 16.4. The topological polar surface area (TPSA) is 58.0 Å². The highest BCUT2D eigenvalue weighted by atomic mass is 16.3. The molecule has 2 aromatic heterocycles. The van der Waals surface area contributed by atoms with Crippen LogP contribution in [0.15, 0.2) is 22.6 Å². The number of rotatable bonds is 4. The fourth-order valence-corrected chi connectivity index (χ4v) is 2.80. The summed E-state index contributed by atoms with van der Waals surface area (Å²) in [7, 11) is 0. The van der Waals surface area contributed by atoms with Gasteiger partial charge in [0.1, 0.15) is 17.6 Å². The van der Waals surface area contributed by atoms with Gasteiger partial charge in [-0.3, -0.25) is 9.58 Å². The van der Waals surface area contributed by atoms with Gasteiger partial charge in [-0.1, -0.05) is 6.92 Å². The number of hydrogen-bond donors (Lipinski definition) is 0. The predicted molar refractivity (Wildman–Crippen MR) is 78.7 cm³/mol. The van der Waals surface area contributed by atoms with Crippen LogP contribution in [0.3, 0.4) is 0 Å². The number of nitrogens with zero attached hydrogens (tertiary/aromatic N) is 4. The first kappa shape index (κ1) is 13.9. The Balaban J connectivity index is 1.56. The van der Waals surface area contributed by atoms with Gasteiger partial charge in [0.25, 0.3) is 0 Å². The molecule has 110 valence electrons. The highest BCUT2D eigenvalue weighted by molar-refractivity contribution is 5.23. The summed E-state index contributed by atoms with van der Waals surface area (Å²) in [5.41, 5.74) is 1.66. The summed E-state index contributed by atoms with van der Waals surface area (Å²) in [5.74, 6) is 2.48. The Morgan fingerprint density at radius 2 is 2.29 bits per heavy atom. The van der Waals surface area contributed by atoms with Crippen molar-refractivity contribution in [3.8, 4) is 6.07 Å². The lowest BCUT2D eigenvalue weighted by Crippen LogP contribution is -2.34. The molecular formula is C16H20N4O. The Morgan fingerprint density at radius 1 is 1.43 bits per heavy atom. The minimum absolute atomic E-state index is 0.431. The van der Waals surface area contributed by atoms with Crippen LogP contribution >= 0.6 is 0 Å². The largest absolute Gasteiger partial charge is 0.466 e. The van der Waals surface area contributed by atoms with E-state index in [0.717, 1.165) is 49.8 Å². The van der Waals surface area contributed by atoms with Crippen molar-refractivity contribution in [1.29, 1.82) is 5.26 Å². The van der Waals surface area contributed by atoms with Gasteiger partial charge in [-0.05, 0) is 38.1 Å². The highest BCUT2D eigenvalue weighted by Gasteiger charge is 2.19. The standard InChI is InChI=1S/C16H20N4O/c1-12(16-4-3-13(2)21-16)5-6-19-7-8-20-15(11-19)9-14(10-17)18-20/h3-4,9,12H,5-8,11H2,1-2H3/t12-/m0/s1. The minimum atomic E-state index is 0.431. The minimum Gasteiger partial charge on any atom is -0.466 e. The fourth-order valence-electron chi connectivity index (χ4n) is 2.80. The molecule has 0 aliphatic carbocycles. The SMILES string of the molecule is Cc1ccc([C@@H](C)CCN2CCn3nc(C#N)cc3C2)o1. The molecule has 21 heavy (non-hydrogen) atoms. The molecule has 0 aromatic carbocycles. The number of nitriles is 1. The second kappa shape index (κ2) is 5.74. The zero-order valence-corrected chi connectivity index (χ0v) is 12.5. The number of fused-ring (bicyclic) bond motifs is 1. The van der Waals surface area contributed by atoms with E-state index < -0.39 is 0 Å². The van der Waals surface area contributed by atoms with Crippen LogP contribution in [-0.2, 0) is 13.1 Å². The van der Waals surface area contributed by atoms with E-state index in [1.165, 1.54) is 0 Å². The zero-order chi connectivity index (χ0) is 14.8. The predicted octanol–water partition coefficient (Wildman–Crippen LogP) is 2.67. The van der Waals surface area contributed by atoms with Crippen LogP contribution in [0, 0.1) is 18.3 Å². The molecule has 0 bridgehead atoms. The molecule has 0 unspecified atom stereocenters. The molecule has 0 N–H and O–H groups in total. The van der Waals surface area contributed by atoms with Crippen molar-refractivity contribution in [2.24, 2.45) is 0 Å². The van der Waals surface area contributed by atoms with Gasteiger partial charge in [-0.25, -0.2) is 0 Å². The molecule has 0 saturated heterocycles. The molecule has 0 spiro atoms. The van der Waals surface area contributed by atoms with E-state index in [2.05, 4.69) is 29.1 Å². The first-order valence-electron chi connectivity index (χ1n) is 7.41. The monoisotopic (exact) mass is 284 g/mol. The van der Waals surface area contributed by atoms with Gasteiger partial charge >= 0.3 is 0 Å². The van der Waals surface area contributed by atoms with Gasteiger partial charge < -0.3 is 4.42 Å². The summed E-state index contributed by atoms with van der Waals surface area (Å²) in [5, 5.41) is 13.2. The van der Waals surface area contributed by atoms with Crippen LogP contribution in [0.5, 0.6) is 0 Å². The molecule has 0 radical (unpaired) electrons. The van der Waals surface area contributed by atoms with Crippen LogP contribution in [0.25, 0.3) is 0 Å². The maximum atomic E-state index is 8.91. The molecule has 5 nitrogen and oxygen atoms in total. The molecular weight excluding hydrogens is 264 g/mol. The lowest BCUT2D eigenvalue weighted by Gasteiger charge is -2.28. The van der Waals surface area contributed by atoms with E-state index >= 15 is 0 Å². The van der Waals surface area contributed by atoms with E-state index in [0.29, 0.717) is 11.6 Å². The third-order valence-electron chi connectivity index (χ3n) is 4.12. The van der Waals surface area contributed by atoms with Crippen molar-refractivity contribution in [1.82, 2.24) is 14.7 Å². The summed E-state index contributed by atoms with van der Waals surface area (Å²) in [6, 6.07) is 8.10. The summed E-state index contributed by atoms with van der Waals surface area (Å²) < 4.78 is 7.64. The Kier molecular flexibility index (Phi) is 3.80. The van der Waals surface area contributed by atoms with Crippen LogP contribution in [0.2, 0.25) is 0 Å². The molecule has 0 fully saturated rings. The number of aryl methyl sites for hydroxylation is 1. The van der Waals surface area contributed by atoms with Crippen LogP contribution in [0.1, 0.15) is 42.2 Å². The first-order chi connectivity index (χ1) is 10.2. The van der Waals surface area contributed by atoms with Crippen molar-refractivity contribution in [2.45, 2.75) is 39.3 Å². The maximum Gasteiger partial charge on any atom is 0.162 e. The highest BCUT2D eigenvalue weighted by Crippen LogP contribution is 2.22. The van der Waals surface area contributed by atoms with Gasteiger partial charge in [0.2, 0.25) is 0 Å². The molecule has 1 aliphatic rings. The zero-order valence-electron chi connectivity index (χ0n) is 12.5. The summed E-state index contributed by atoms with van der Waals surface area (Å²) in [6.07, 6.45) is 1.08. The summed E-state index contributed by atoms with van der Waals surface area (Å²) >= 11 is 0. The number of hydrogen-bond acceptors (Lipinski definition) is 4. The van der Waals surface area contributed by atoms with Gasteiger partial charge in [-0.2, -0.15) is 10.4 Å². The van der Waals surface area contributed by atoms with E-state index in [1.807, 2.05) is 23.7 Å². The van der Waals surface area contributed by atoms with E-state index in [1.54, 1.807) is 0 Å². The molecule has 1 atom stereocenters. The molecule has 3 rings (SSSR count). The second-order valence-corrected chi connectivity index (χ2v) is 5.77. The molecule has 1 aliphatic heterocycles. The molecule has 2 aromatic rings. The third-order valence-corrected chi connectivity index (χ3v) is 4.12. The van der Waals surface area contributed by atoms with Gasteiger partial charge in [-0.15, -0.1) is 0 Å². The molecule has 0 amide bonds. The summed E-state index contributed by atoms with van der Waals surface area (Å²) in [4.78, 5) is 2.42. The average molecular weight is 284 g/mol. The van der Waals surface area contributed by atoms with Gasteiger partial charge in [0.15, 0.2) is 5.69 Å². The number of furan rings is 1. The van der Waals surface area contributed by atoms with E-state index in [4.69, 9.17) is 9.68 Å². The quantitative estimate of drug-likeness (QED) is 0.866. The van der Waals surface area contributed by atoms with E-state index in [-0.39, 0.29) is 0 Å². The molecule has 5 heteroatoms. The van der Waals surface area contributed by atoms with Crippen molar-refractivity contribution in [3.63, 3.8) is 0 Å². The smallest absolute Gasteiger partial charge is 0.162 e. The third kappa shape index (κ3) is 3.01. The molecule has 0 saturated carbocycles. The van der Waals surface area contributed by atoms with E-state index in [9.17, 15) is 0 Å². The Hall–Kier alpha value is -2.06. The van der Waals surface area contributed by atoms with Crippen LogP contribution in [-0.4, -0.2) is 27.8 Å². The second-order valence-electron chi connectivity index (χ2n) is 5.77. The lowest BCUT2D eigenvalue weighted by molar-refractivity contribution is 0.205. The Morgan fingerprint density at radius 3 is 3.00 bits per heavy atom. The summed E-state index contributed by atoms with van der Waals surface area (Å²) in [6.45, 7) is 7.95. The maximum absolute atomic E-state index is 8.91. The number of aromatic nitrogens is 2.